The van der Waals surface area contributed by atoms with Gasteiger partial charge in [-0.3, -0.25) is 10.00 Å². The number of urea groups is 1. The monoisotopic (exact) mass is 251 g/mol. The minimum atomic E-state index is -0.408. The molecular formula is C11H17N5O2. The molecule has 1 heterocycles. The summed E-state index contributed by atoms with van der Waals surface area (Å²) in [5, 5.41) is 24.4. The first kappa shape index (κ1) is 14.0. The molecule has 0 aliphatic carbocycles. The fourth-order valence-corrected chi connectivity index (χ4v) is 1.28. The van der Waals surface area contributed by atoms with E-state index in [1.54, 1.807) is 17.9 Å². The van der Waals surface area contributed by atoms with Crippen LogP contribution in [0.15, 0.2) is 6.20 Å². The van der Waals surface area contributed by atoms with Crippen molar-refractivity contribution in [3.05, 3.63) is 11.8 Å². The Bertz CT molecular complexity index is 460. The Labute approximate surface area is 106 Å². The Morgan fingerprint density at radius 1 is 1.72 bits per heavy atom. The van der Waals surface area contributed by atoms with Gasteiger partial charge in [0.25, 0.3) is 0 Å². The molecule has 1 aromatic heterocycles. The van der Waals surface area contributed by atoms with Crippen molar-refractivity contribution in [1.29, 1.82) is 5.26 Å². The van der Waals surface area contributed by atoms with Crippen molar-refractivity contribution in [2.24, 2.45) is 0 Å². The highest BCUT2D eigenvalue weighted by atomic mass is 16.3. The van der Waals surface area contributed by atoms with E-state index in [1.165, 1.54) is 4.90 Å². The van der Waals surface area contributed by atoms with Gasteiger partial charge >= 0.3 is 6.03 Å². The third-order valence-corrected chi connectivity index (χ3v) is 2.39. The van der Waals surface area contributed by atoms with Gasteiger partial charge in [-0.2, -0.15) is 10.4 Å². The van der Waals surface area contributed by atoms with Crippen LogP contribution in [0.3, 0.4) is 0 Å². The van der Waals surface area contributed by atoms with Crippen LogP contribution >= 0.6 is 0 Å². The number of aliphatic hydroxyl groups is 1. The number of carbonyl (C=O) groups is 1. The quantitative estimate of drug-likeness (QED) is 0.827. The molecule has 1 rings (SSSR count). The van der Waals surface area contributed by atoms with Crippen molar-refractivity contribution in [2.75, 3.05) is 25.5 Å². The number of anilines is 1. The van der Waals surface area contributed by atoms with E-state index in [9.17, 15) is 4.79 Å². The molecule has 2 N–H and O–H groups in total. The molecule has 98 valence electrons. The second-order valence-electron chi connectivity index (χ2n) is 4.15. The Hall–Kier alpha value is -2.07. The normalized spacial score (nSPS) is 10.2. The highest BCUT2D eigenvalue weighted by molar-refractivity contribution is 5.89. The summed E-state index contributed by atoms with van der Waals surface area (Å²) in [7, 11) is 1.55. The number of aromatic nitrogens is 2. The third kappa shape index (κ3) is 3.21. The van der Waals surface area contributed by atoms with Crippen molar-refractivity contribution in [3.63, 3.8) is 0 Å². The summed E-state index contributed by atoms with van der Waals surface area (Å²) in [5.41, 5.74) is 0.314. The van der Waals surface area contributed by atoms with Gasteiger partial charge in [0.1, 0.15) is 11.6 Å². The van der Waals surface area contributed by atoms with E-state index < -0.39 is 6.03 Å². The molecule has 0 aromatic carbocycles. The summed E-state index contributed by atoms with van der Waals surface area (Å²) < 4.78 is 1.61. The van der Waals surface area contributed by atoms with Crippen LogP contribution in [0.5, 0.6) is 0 Å². The standard InChI is InChI=1S/C11H17N5O2/c1-8(2)16-7-9(6-12)10(14-16)13-11(18)15(3)4-5-17/h7-8,17H,4-5H2,1-3H3,(H,13,14,18). The first-order valence-corrected chi connectivity index (χ1v) is 5.61. The number of rotatable bonds is 4. The molecule has 0 aliphatic heterocycles. The number of carbonyl (C=O) groups excluding carboxylic acids is 1. The predicted octanol–water partition coefficient (Wildman–Crippen LogP) is 0.792. The van der Waals surface area contributed by atoms with Gasteiger partial charge in [-0.1, -0.05) is 0 Å². The molecule has 0 radical (unpaired) electrons. The number of hydrogen-bond acceptors (Lipinski definition) is 4. The number of likely N-dealkylation sites (N-methyl/N-ethyl adjacent to an activating group) is 1. The lowest BCUT2D eigenvalue weighted by atomic mass is 10.3. The van der Waals surface area contributed by atoms with Gasteiger partial charge < -0.3 is 10.0 Å². The molecule has 0 unspecified atom stereocenters. The van der Waals surface area contributed by atoms with E-state index in [-0.39, 0.29) is 25.0 Å². The molecule has 7 nitrogen and oxygen atoms in total. The Balaban J connectivity index is 2.84. The average Bonchev–Trinajstić information content (AvgIpc) is 2.72. The molecule has 0 fully saturated rings. The minimum absolute atomic E-state index is 0.109. The zero-order valence-electron chi connectivity index (χ0n) is 10.7. The zero-order valence-corrected chi connectivity index (χ0v) is 10.7. The van der Waals surface area contributed by atoms with Crippen LogP contribution in [-0.4, -0.2) is 46.0 Å². The van der Waals surface area contributed by atoms with E-state index in [2.05, 4.69) is 10.4 Å². The summed E-state index contributed by atoms with van der Waals surface area (Å²) in [6.07, 6.45) is 1.59. The van der Waals surface area contributed by atoms with Gasteiger partial charge in [-0.25, -0.2) is 4.79 Å². The van der Waals surface area contributed by atoms with Gasteiger partial charge in [0.15, 0.2) is 5.82 Å². The third-order valence-electron chi connectivity index (χ3n) is 2.39. The molecule has 0 atom stereocenters. The minimum Gasteiger partial charge on any atom is -0.395 e. The lowest BCUT2D eigenvalue weighted by Crippen LogP contribution is -2.33. The maximum Gasteiger partial charge on any atom is 0.322 e. The summed E-state index contributed by atoms with van der Waals surface area (Å²) in [6, 6.07) is 1.68. The lowest BCUT2D eigenvalue weighted by Gasteiger charge is -2.15. The maximum absolute atomic E-state index is 11.7. The number of nitriles is 1. The topological polar surface area (TPSA) is 94.2 Å². The summed E-state index contributed by atoms with van der Waals surface area (Å²) in [5.74, 6) is 0.237. The van der Waals surface area contributed by atoms with Gasteiger partial charge in [0.2, 0.25) is 0 Å². The van der Waals surface area contributed by atoms with Crippen LogP contribution in [0.2, 0.25) is 0 Å². The number of aliphatic hydroxyl groups excluding tert-OH is 1. The van der Waals surface area contributed by atoms with Crippen LogP contribution in [0.4, 0.5) is 10.6 Å². The van der Waals surface area contributed by atoms with Crippen molar-refractivity contribution >= 4 is 11.8 Å². The van der Waals surface area contributed by atoms with Gasteiger partial charge in [-0.15, -0.1) is 0 Å². The van der Waals surface area contributed by atoms with Crippen LogP contribution in [-0.2, 0) is 0 Å². The molecule has 0 aliphatic rings. The lowest BCUT2D eigenvalue weighted by molar-refractivity contribution is 0.202. The molecule has 0 spiro atoms. The Morgan fingerprint density at radius 2 is 2.39 bits per heavy atom. The smallest absolute Gasteiger partial charge is 0.322 e. The molecule has 7 heteroatoms. The van der Waals surface area contributed by atoms with Crippen LogP contribution in [0.25, 0.3) is 0 Å². The molecule has 0 bridgehead atoms. The molecule has 2 amide bonds. The van der Waals surface area contributed by atoms with E-state index in [1.807, 2.05) is 19.9 Å². The molecule has 18 heavy (non-hydrogen) atoms. The second-order valence-corrected chi connectivity index (χ2v) is 4.15. The van der Waals surface area contributed by atoms with Crippen molar-refractivity contribution < 1.29 is 9.90 Å². The zero-order chi connectivity index (χ0) is 13.7. The first-order chi connectivity index (χ1) is 8.49. The van der Waals surface area contributed by atoms with Crippen LogP contribution in [0.1, 0.15) is 25.5 Å². The Kier molecular flexibility index (Phi) is 4.68. The SMILES string of the molecule is CC(C)n1cc(C#N)c(NC(=O)N(C)CCO)n1. The highest BCUT2D eigenvalue weighted by Crippen LogP contribution is 2.15. The second kappa shape index (κ2) is 6.02. The Morgan fingerprint density at radius 3 is 2.89 bits per heavy atom. The fourth-order valence-electron chi connectivity index (χ4n) is 1.28. The van der Waals surface area contributed by atoms with Gasteiger partial charge in [-0.05, 0) is 13.8 Å². The van der Waals surface area contributed by atoms with Crippen LogP contribution in [0, 0.1) is 11.3 Å². The van der Waals surface area contributed by atoms with Crippen molar-refractivity contribution in [1.82, 2.24) is 14.7 Å². The van der Waals surface area contributed by atoms with Gasteiger partial charge in [0.05, 0.1) is 6.61 Å². The maximum atomic E-state index is 11.7. The number of hydrogen-bond donors (Lipinski definition) is 2. The van der Waals surface area contributed by atoms with E-state index in [0.29, 0.717) is 5.56 Å². The summed E-state index contributed by atoms with van der Waals surface area (Å²) >= 11 is 0. The average molecular weight is 251 g/mol. The molecule has 1 aromatic rings. The summed E-state index contributed by atoms with van der Waals surface area (Å²) in [4.78, 5) is 13.0. The molecule has 0 saturated heterocycles. The number of nitrogens with zero attached hydrogens (tertiary/aromatic N) is 4. The predicted molar refractivity (Wildman–Crippen MR) is 66.1 cm³/mol. The number of amides is 2. The highest BCUT2D eigenvalue weighted by Gasteiger charge is 2.15. The summed E-state index contributed by atoms with van der Waals surface area (Å²) in [6.45, 7) is 3.96. The van der Waals surface area contributed by atoms with E-state index >= 15 is 0 Å². The fraction of sp³-hybridized carbons (Fsp3) is 0.545. The first-order valence-electron chi connectivity index (χ1n) is 5.61. The largest absolute Gasteiger partial charge is 0.395 e. The van der Waals surface area contributed by atoms with E-state index in [0.717, 1.165) is 0 Å². The number of nitrogens with one attached hydrogen (secondary N) is 1. The van der Waals surface area contributed by atoms with Crippen LogP contribution < -0.4 is 5.32 Å². The van der Waals surface area contributed by atoms with Crippen molar-refractivity contribution in [2.45, 2.75) is 19.9 Å². The van der Waals surface area contributed by atoms with Gasteiger partial charge in [0, 0.05) is 25.8 Å². The molecule has 0 saturated carbocycles. The van der Waals surface area contributed by atoms with E-state index in [4.69, 9.17) is 10.4 Å². The molecular weight excluding hydrogens is 234 g/mol. The van der Waals surface area contributed by atoms with Crippen molar-refractivity contribution in [3.8, 4) is 6.07 Å².